The summed E-state index contributed by atoms with van der Waals surface area (Å²) in [7, 11) is 1.46. The maximum absolute atomic E-state index is 13.5. The van der Waals surface area contributed by atoms with Crippen LogP contribution in [0, 0.1) is 65.1 Å². The van der Waals surface area contributed by atoms with E-state index in [1.165, 1.54) is 18.3 Å². The van der Waals surface area contributed by atoms with E-state index in [0.29, 0.717) is 24.8 Å². The highest BCUT2D eigenvalue weighted by molar-refractivity contribution is 5.98. The number of esters is 4. The van der Waals surface area contributed by atoms with Crippen LogP contribution >= 0.6 is 0 Å². The first-order valence-electron chi connectivity index (χ1n) is 17.8. The van der Waals surface area contributed by atoms with Crippen molar-refractivity contribution in [2.24, 2.45) is 65.1 Å². The zero-order chi connectivity index (χ0) is 35.3. The van der Waals surface area contributed by atoms with Gasteiger partial charge in [0, 0.05) is 7.11 Å². The van der Waals surface area contributed by atoms with E-state index in [-0.39, 0.29) is 54.7 Å². The van der Waals surface area contributed by atoms with Crippen molar-refractivity contribution >= 4 is 29.8 Å². The number of cyclic esters (lactones) is 2. The van der Waals surface area contributed by atoms with E-state index < -0.39 is 65.2 Å². The molecule has 0 radical (unpaired) electrons. The molecule has 0 amide bonds. The van der Waals surface area contributed by atoms with Crippen molar-refractivity contribution in [2.45, 2.75) is 91.3 Å². The number of carbonyl (C=O) groups excluding carboxylic acids is 4. The molecule has 0 spiro atoms. The average molecular weight is 681 g/mol. The SMILES string of the molecule is COCOC(=O)C1CC2CC1C(C1=C(C3C(=O)OC(=O)C3C)C3CC1CC3C(=O)O)=C2C1=C(C)C2CC1C(C(O)CC(=O)OC(C)(C)C)C2. The first-order chi connectivity index (χ1) is 23.1. The van der Waals surface area contributed by atoms with Crippen LogP contribution in [0.3, 0.4) is 0 Å². The summed E-state index contributed by atoms with van der Waals surface area (Å²) >= 11 is 0. The predicted octanol–water partition coefficient (Wildman–Crippen LogP) is 4.52. The molecule has 4 fully saturated rings. The molecule has 1 saturated heterocycles. The topological polar surface area (TPSA) is 163 Å². The van der Waals surface area contributed by atoms with Crippen LogP contribution in [0.1, 0.15) is 79.6 Å². The van der Waals surface area contributed by atoms with Gasteiger partial charge in [-0.25, -0.2) is 0 Å². The van der Waals surface area contributed by atoms with Gasteiger partial charge in [0.2, 0.25) is 0 Å². The van der Waals surface area contributed by atoms with Crippen molar-refractivity contribution in [3.05, 3.63) is 33.4 Å². The maximum Gasteiger partial charge on any atom is 0.321 e. The number of allylic oxidation sites excluding steroid dienone is 5. The molecule has 11 nitrogen and oxygen atoms in total. The third-order valence-corrected chi connectivity index (χ3v) is 12.8. The molecule has 49 heavy (non-hydrogen) atoms. The number of fused-ring (bicyclic) bond motifs is 6. The van der Waals surface area contributed by atoms with Crippen molar-refractivity contribution in [3.63, 3.8) is 0 Å². The molecular weight excluding hydrogens is 632 g/mol. The van der Waals surface area contributed by atoms with Gasteiger partial charge < -0.3 is 29.2 Å². The van der Waals surface area contributed by atoms with E-state index in [4.69, 9.17) is 18.9 Å². The van der Waals surface area contributed by atoms with Gasteiger partial charge >= 0.3 is 29.8 Å². The Morgan fingerprint density at radius 1 is 0.857 bits per heavy atom. The van der Waals surface area contributed by atoms with Gasteiger partial charge in [-0.05, 0) is 136 Å². The Balaban J connectivity index is 1.35. The Labute approximate surface area is 286 Å². The second kappa shape index (κ2) is 12.2. The van der Waals surface area contributed by atoms with Gasteiger partial charge in [-0.1, -0.05) is 12.5 Å². The predicted molar refractivity (Wildman–Crippen MR) is 172 cm³/mol. The largest absolute Gasteiger partial charge is 0.481 e. The highest BCUT2D eigenvalue weighted by atomic mass is 16.7. The highest BCUT2D eigenvalue weighted by Gasteiger charge is 2.61. The minimum atomic E-state index is -0.911. The van der Waals surface area contributed by atoms with Gasteiger partial charge in [-0.3, -0.25) is 24.0 Å². The van der Waals surface area contributed by atoms with E-state index >= 15 is 0 Å². The molecule has 7 rings (SSSR count). The van der Waals surface area contributed by atoms with Gasteiger partial charge in [-0.2, -0.15) is 0 Å². The molecular formula is C38H48O11. The first-order valence-corrected chi connectivity index (χ1v) is 17.8. The minimum Gasteiger partial charge on any atom is -0.481 e. The zero-order valence-electron chi connectivity index (χ0n) is 29.2. The Hall–Kier alpha value is -3.31. The van der Waals surface area contributed by atoms with Crippen LogP contribution in [0.5, 0.6) is 0 Å². The summed E-state index contributed by atoms with van der Waals surface area (Å²) in [6, 6.07) is 0. The smallest absolute Gasteiger partial charge is 0.321 e. The number of rotatable bonds is 10. The zero-order valence-corrected chi connectivity index (χ0v) is 29.2. The van der Waals surface area contributed by atoms with Crippen LogP contribution in [0.2, 0.25) is 0 Å². The second-order valence-electron chi connectivity index (χ2n) is 16.6. The van der Waals surface area contributed by atoms with Gasteiger partial charge in [0.05, 0.1) is 36.2 Å². The van der Waals surface area contributed by atoms with Crippen molar-refractivity contribution < 1.29 is 53.1 Å². The fraction of sp³-hybridized carbons (Fsp3) is 0.711. The summed E-state index contributed by atoms with van der Waals surface area (Å²) in [4.78, 5) is 64.7. The highest BCUT2D eigenvalue weighted by Crippen LogP contribution is 2.67. The number of ether oxygens (including phenoxy) is 4. The lowest BCUT2D eigenvalue weighted by molar-refractivity contribution is -0.160. The summed E-state index contributed by atoms with van der Waals surface area (Å²) in [6.45, 7) is 9.09. The lowest BCUT2D eigenvalue weighted by Crippen LogP contribution is -2.34. The van der Waals surface area contributed by atoms with Crippen molar-refractivity contribution in [3.8, 4) is 0 Å². The van der Waals surface area contributed by atoms with Gasteiger partial charge in [0.1, 0.15) is 5.60 Å². The third kappa shape index (κ3) is 5.50. The molecule has 0 aromatic heterocycles. The van der Waals surface area contributed by atoms with Crippen LogP contribution in [0.25, 0.3) is 0 Å². The molecule has 1 heterocycles. The monoisotopic (exact) mass is 680 g/mol. The molecule has 7 aliphatic rings. The number of carboxylic acids is 1. The fourth-order valence-electron chi connectivity index (χ4n) is 11.1. The average Bonchev–Trinajstić information content (AvgIpc) is 3.87. The van der Waals surface area contributed by atoms with Crippen LogP contribution in [-0.2, 0) is 42.9 Å². The van der Waals surface area contributed by atoms with Crippen LogP contribution in [-0.4, -0.2) is 65.7 Å². The number of aliphatic hydroxyl groups excluding tert-OH is 1. The number of aliphatic hydroxyl groups is 1. The number of aliphatic carboxylic acids is 1. The normalized spacial score (nSPS) is 38.3. The van der Waals surface area contributed by atoms with Gasteiger partial charge in [-0.15, -0.1) is 0 Å². The third-order valence-electron chi connectivity index (χ3n) is 12.8. The van der Waals surface area contributed by atoms with E-state index in [1.807, 2.05) is 0 Å². The number of carbonyl (C=O) groups is 5. The number of hydrogen-bond donors (Lipinski definition) is 2. The van der Waals surface area contributed by atoms with Crippen molar-refractivity contribution in [1.29, 1.82) is 0 Å². The van der Waals surface area contributed by atoms with Crippen LogP contribution in [0.4, 0.5) is 0 Å². The summed E-state index contributed by atoms with van der Waals surface area (Å²) in [5, 5.41) is 21.7. The minimum absolute atomic E-state index is 0.0111. The van der Waals surface area contributed by atoms with Crippen LogP contribution in [0.15, 0.2) is 33.4 Å². The van der Waals surface area contributed by atoms with Crippen LogP contribution < -0.4 is 0 Å². The fourth-order valence-corrected chi connectivity index (χ4v) is 11.1. The Bertz CT molecular complexity index is 1590. The van der Waals surface area contributed by atoms with E-state index in [9.17, 15) is 34.2 Å². The number of hydrogen-bond acceptors (Lipinski definition) is 10. The molecule has 6 aliphatic carbocycles. The molecule has 1 aliphatic heterocycles. The molecule has 0 aromatic carbocycles. The quantitative estimate of drug-likeness (QED) is 0.144. The summed E-state index contributed by atoms with van der Waals surface area (Å²) in [5.41, 5.74) is 5.64. The van der Waals surface area contributed by atoms with Gasteiger partial charge in [0.25, 0.3) is 0 Å². The molecule has 0 aromatic rings. The maximum atomic E-state index is 13.5. The Morgan fingerprint density at radius 3 is 2.12 bits per heavy atom. The molecule has 2 N–H and O–H groups in total. The first kappa shape index (κ1) is 34.2. The molecule has 6 bridgehead atoms. The van der Waals surface area contributed by atoms with E-state index in [2.05, 4.69) is 6.92 Å². The molecule has 12 atom stereocenters. The summed E-state index contributed by atoms with van der Waals surface area (Å²) in [5.74, 6) is -6.22. The molecule has 266 valence electrons. The van der Waals surface area contributed by atoms with E-state index in [1.54, 1.807) is 27.7 Å². The van der Waals surface area contributed by atoms with Gasteiger partial charge in [0.15, 0.2) is 6.79 Å². The second-order valence-corrected chi connectivity index (χ2v) is 16.6. The lowest BCUT2D eigenvalue weighted by atomic mass is 9.67. The Morgan fingerprint density at radius 2 is 1.51 bits per heavy atom. The Kier molecular flexibility index (Phi) is 8.49. The lowest BCUT2D eigenvalue weighted by Gasteiger charge is -2.37. The molecule has 3 saturated carbocycles. The van der Waals surface area contributed by atoms with E-state index in [0.717, 1.165) is 36.0 Å². The van der Waals surface area contributed by atoms with Crippen molar-refractivity contribution in [1.82, 2.24) is 0 Å². The summed E-state index contributed by atoms with van der Waals surface area (Å²) in [6.07, 6.45) is 2.99. The summed E-state index contributed by atoms with van der Waals surface area (Å²) < 4.78 is 21.2. The molecule has 12 unspecified atom stereocenters. The number of carboxylic acid groups (broad SMARTS) is 1. The molecule has 11 heteroatoms. The number of methoxy groups -OCH3 is 1. The van der Waals surface area contributed by atoms with Crippen molar-refractivity contribution in [2.75, 3.05) is 13.9 Å². The standard InChI is InChI=1S/C38H48O11/c1-15-17-7-20(26(39)13-27(40)49-38(3,4)5)21(8-17)28(15)30-19-10-23(25(12-19)36(44)47-14-46-6)33(30)31-18-9-22(24(11-18)34(41)42)32(31)29-16(2)35(43)48-37(29)45/h16-26,29,39H,7-14H2,1-6H3,(H,41,42).